The number of tetrazole rings is 1. The van der Waals surface area contributed by atoms with Gasteiger partial charge in [0.25, 0.3) is 0 Å². The molecular formula is C9H7ClF2N4O. The number of aromatic nitrogens is 4. The van der Waals surface area contributed by atoms with Crippen molar-refractivity contribution in [2.75, 3.05) is 0 Å². The van der Waals surface area contributed by atoms with Crippen molar-refractivity contribution < 1.29 is 13.5 Å². The Bertz CT molecular complexity index is 488. The number of nitrogens with zero attached hydrogens (tertiary/aromatic N) is 4. The van der Waals surface area contributed by atoms with Crippen LogP contribution in [0, 0.1) is 0 Å². The molecule has 0 aliphatic rings. The highest BCUT2D eigenvalue weighted by Gasteiger charge is 2.08. The summed E-state index contributed by atoms with van der Waals surface area (Å²) in [7, 11) is 0. The van der Waals surface area contributed by atoms with Crippen molar-refractivity contribution in [3.8, 4) is 11.4 Å². The lowest BCUT2D eigenvalue weighted by Gasteiger charge is -2.06. The minimum Gasteiger partial charge on any atom is -0.435 e. The Kier molecular flexibility index (Phi) is 3.48. The summed E-state index contributed by atoms with van der Waals surface area (Å²) in [5.74, 6) is 0.695. The van der Waals surface area contributed by atoms with Crippen molar-refractivity contribution in [1.29, 1.82) is 0 Å². The van der Waals surface area contributed by atoms with Crippen molar-refractivity contribution in [1.82, 2.24) is 20.2 Å². The molecule has 1 aromatic heterocycles. The molecule has 1 heterocycles. The minimum absolute atomic E-state index is 0.0734. The predicted octanol–water partition coefficient (Wildman–Crippen LogP) is 2.00. The Morgan fingerprint density at radius 3 is 2.59 bits per heavy atom. The first-order chi connectivity index (χ1) is 8.20. The molecule has 17 heavy (non-hydrogen) atoms. The molecule has 0 atom stereocenters. The molecule has 0 fully saturated rings. The van der Waals surface area contributed by atoms with Crippen LogP contribution < -0.4 is 4.74 Å². The molecule has 0 saturated carbocycles. The number of halogens is 3. The number of rotatable bonds is 4. The molecular weight excluding hydrogens is 254 g/mol. The fourth-order valence-corrected chi connectivity index (χ4v) is 1.43. The maximum Gasteiger partial charge on any atom is 0.387 e. The predicted molar refractivity (Wildman–Crippen MR) is 55.3 cm³/mol. The lowest BCUT2D eigenvalue weighted by molar-refractivity contribution is -0.0498. The third-order valence-electron chi connectivity index (χ3n) is 1.96. The number of alkyl halides is 3. The van der Waals surface area contributed by atoms with E-state index in [1.165, 1.54) is 16.8 Å². The second kappa shape index (κ2) is 5.05. The van der Waals surface area contributed by atoms with Gasteiger partial charge < -0.3 is 4.74 Å². The number of ether oxygens (including phenoxy) is 1. The molecule has 0 radical (unpaired) electrons. The smallest absolute Gasteiger partial charge is 0.387 e. The first-order valence-corrected chi connectivity index (χ1v) is 5.12. The van der Waals surface area contributed by atoms with E-state index in [-0.39, 0.29) is 11.6 Å². The molecule has 0 aliphatic heterocycles. The van der Waals surface area contributed by atoms with Crippen molar-refractivity contribution in [2.45, 2.75) is 12.5 Å². The minimum atomic E-state index is -2.84. The van der Waals surface area contributed by atoms with E-state index in [9.17, 15) is 8.78 Å². The Balaban J connectivity index is 2.23. The van der Waals surface area contributed by atoms with Crippen LogP contribution in [0.1, 0.15) is 5.82 Å². The zero-order valence-electron chi connectivity index (χ0n) is 8.42. The summed E-state index contributed by atoms with van der Waals surface area (Å²) < 4.78 is 29.5. The van der Waals surface area contributed by atoms with Gasteiger partial charge in [-0.25, -0.2) is 0 Å². The molecule has 2 aromatic rings. The van der Waals surface area contributed by atoms with Crippen LogP contribution in [0.5, 0.6) is 5.75 Å². The fourth-order valence-electron chi connectivity index (χ4n) is 1.26. The van der Waals surface area contributed by atoms with Gasteiger partial charge in [-0.3, -0.25) is 0 Å². The van der Waals surface area contributed by atoms with Crippen LogP contribution in [0.15, 0.2) is 24.3 Å². The molecule has 5 nitrogen and oxygen atoms in total. The van der Waals surface area contributed by atoms with Crippen molar-refractivity contribution in [3.63, 3.8) is 0 Å². The molecule has 0 bridgehead atoms. The Morgan fingerprint density at radius 2 is 2.00 bits per heavy atom. The first-order valence-electron chi connectivity index (χ1n) is 4.59. The van der Waals surface area contributed by atoms with Crippen LogP contribution >= 0.6 is 11.6 Å². The van der Waals surface area contributed by atoms with E-state index in [0.29, 0.717) is 11.5 Å². The van der Waals surface area contributed by atoms with Gasteiger partial charge in [-0.15, -0.1) is 16.7 Å². The quantitative estimate of drug-likeness (QED) is 0.789. The van der Waals surface area contributed by atoms with Gasteiger partial charge >= 0.3 is 6.61 Å². The molecule has 0 saturated heterocycles. The fraction of sp³-hybridized carbons (Fsp3) is 0.222. The van der Waals surface area contributed by atoms with E-state index < -0.39 is 6.61 Å². The van der Waals surface area contributed by atoms with Gasteiger partial charge in [0, 0.05) is 0 Å². The summed E-state index contributed by atoms with van der Waals surface area (Å²) in [6.45, 7) is -2.84. The lowest BCUT2D eigenvalue weighted by atomic mass is 10.3. The van der Waals surface area contributed by atoms with Gasteiger partial charge in [0.15, 0.2) is 5.82 Å². The Hall–Kier alpha value is -1.76. The summed E-state index contributed by atoms with van der Waals surface area (Å²) >= 11 is 5.64. The molecule has 0 N–H and O–H groups in total. The van der Waals surface area contributed by atoms with Crippen molar-refractivity contribution in [2.24, 2.45) is 0 Å². The molecule has 90 valence electrons. The SMILES string of the molecule is FC(F)Oc1ccc(-n2nnnc2CCl)cc1. The third-order valence-corrected chi connectivity index (χ3v) is 2.20. The van der Waals surface area contributed by atoms with E-state index in [1.54, 1.807) is 12.1 Å². The molecule has 0 unspecified atom stereocenters. The monoisotopic (exact) mass is 260 g/mol. The first kappa shape index (κ1) is 11.7. The molecule has 0 spiro atoms. The average Bonchev–Trinajstić information content (AvgIpc) is 2.77. The van der Waals surface area contributed by atoms with Gasteiger partial charge in [-0.05, 0) is 34.7 Å². The average molecular weight is 261 g/mol. The zero-order chi connectivity index (χ0) is 12.3. The van der Waals surface area contributed by atoms with E-state index in [1.807, 2.05) is 0 Å². The van der Waals surface area contributed by atoms with Crippen LogP contribution in [-0.2, 0) is 5.88 Å². The largest absolute Gasteiger partial charge is 0.435 e. The zero-order valence-corrected chi connectivity index (χ0v) is 9.18. The Morgan fingerprint density at radius 1 is 1.29 bits per heavy atom. The van der Waals surface area contributed by atoms with E-state index in [2.05, 4.69) is 20.3 Å². The molecule has 8 heteroatoms. The van der Waals surface area contributed by atoms with Gasteiger partial charge in [-0.1, -0.05) is 0 Å². The maximum atomic E-state index is 11.9. The van der Waals surface area contributed by atoms with Gasteiger partial charge in [0.2, 0.25) is 0 Å². The molecule has 2 rings (SSSR count). The number of benzene rings is 1. The highest BCUT2D eigenvalue weighted by atomic mass is 35.5. The number of hydrogen-bond donors (Lipinski definition) is 0. The highest BCUT2D eigenvalue weighted by molar-refractivity contribution is 6.16. The highest BCUT2D eigenvalue weighted by Crippen LogP contribution is 2.17. The number of hydrogen-bond acceptors (Lipinski definition) is 4. The van der Waals surface area contributed by atoms with Gasteiger partial charge in [0.05, 0.1) is 11.6 Å². The lowest BCUT2D eigenvalue weighted by Crippen LogP contribution is -2.03. The van der Waals surface area contributed by atoms with Gasteiger partial charge in [0.1, 0.15) is 5.75 Å². The van der Waals surface area contributed by atoms with Crippen LogP contribution in [-0.4, -0.2) is 26.8 Å². The normalized spacial score (nSPS) is 10.8. The maximum absolute atomic E-state index is 11.9. The van der Waals surface area contributed by atoms with Crippen LogP contribution in [0.25, 0.3) is 5.69 Å². The van der Waals surface area contributed by atoms with Crippen LogP contribution in [0.4, 0.5) is 8.78 Å². The van der Waals surface area contributed by atoms with Gasteiger partial charge in [-0.2, -0.15) is 13.5 Å². The molecule has 0 aliphatic carbocycles. The van der Waals surface area contributed by atoms with Crippen LogP contribution in [0.3, 0.4) is 0 Å². The van der Waals surface area contributed by atoms with Crippen molar-refractivity contribution >= 4 is 11.6 Å². The molecule has 0 amide bonds. The summed E-state index contributed by atoms with van der Waals surface area (Å²) in [4.78, 5) is 0. The summed E-state index contributed by atoms with van der Waals surface area (Å²) in [5.41, 5.74) is 0.618. The summed E-state index contributed by atoms with van der Waals surface area (Å²) in [6.07, 6.45) is 0. The topological polar surface area (TPSA) is 52.8 Å². The summed E-state index contributed by atoms with van der Waals surface area (Å²) in [5, 5.41) is 10.9. The second-order valence-electron chi connectivity index (χ2n) is 3.01. The van der Waals surface area contributed by atoms with E-state index in [4.69, 9.17) is 11.6 Å². The summed E-state index contributed by atoms with van der Waals surface area (Å²) in [6, 6.07) is 5.93. The van der Waals surface area contributed by atoms with E-state index >= 15 is 0 Å². The van der Waals surface area contributed by atoms with Crippen molar-refractivity contribution in [3.05, 3.63) is 30.1 Å². The standard InChI is InChI=1S/C9H7ClF2N4O/c10-5-8-13-14-15-16(8)6-1-3-7(4-2-6)17-9(11)12/h1-4,9H,5H2. The molecule has 1 aromatic carbocycles. The van der Waals surface area contributed by atoms with Crippen LogP contribution in [0.2, 0.25) is 0 Å². The third kappa shape index (κ3) is 2.68. The Labute approximate surface area is 99.9 Å². The second-order valence-corrected chi connectivity index (χ2v) is 3.28. The van der Waals surface area contributed by atoms with E-state index in [0.717, 1.165) is 0 Å².